The Hall–Kier alpha value is -1.55. The molecule has 0 atom stereocenters. The number of benzene rings is 1. The largest absolute Gasteiger partial charge is 0.506 e. The number of rotatable bonds is 2. The minimum absolute atomic E-state index is 0.0432. The van der Waals surface area contributed by atoms with Gasteiger partial charge in [0, 0.05) is 0 Å². The highest BCUT2D eigenvalue weighted by atomic mass is 16.3. The number of nitrogens with one attached hydrogen (secondary N) is 1. The van der Waals surface area contributed by atoms with Crippen LogP contribution in [0.1, 0.15) is 58.4 Å². The number of amides is 1. The van der Waals surface area contributed by atoms with Crippen molar-refractivity contribution in [1.29, 1.82) is 0 Å². The van der Waals surface area contributed by atoms with Crippen molar-refractivity contribution >= 4 is 11.6 Å². The molecule has 0 unspecified atom stereocenters. The first-order valence-electron chi connectivity index (χ1n) is 7.66. The highest BCUT2D eigenvalue weighted by Crippen LogP contribution is 2.32. The maximum Gasteiger partial charge on any atom is 0.244 e. The lowest BCUT2D eigenvalue weighted by Crippen LogP contribution is -2.52. The molecule has 4 nitrogen and oxygen atoms in total. The number of hydrogen-bond acceptors (Lipinski definition) is 3. The molecule has 0 radical (unpaired) electrons. The molecule has 0 aromatic heterocycles. The van der Waals surface area contributed by atoms with Gasteiger partial charge in [0.1, 0.15) is 5.75 Å². The highest BCUT2D eigenvalue weighted by Gasteiger charge is 2.35. The van der Waals surface area contributed by atoms with E-state index in [1.165, 1.54) is 0 Å². The van der Waals surface area contributed by atoms with Crippen LogP contribution >= 0.6 is 0 Å². The van der Waals surface area contributed by atoms with Gasteiger partial charge in [-0.05, 0) is 36.0 Å². The van der Waals surface area contributed by atoms with E-state index < -0.39 is 5.54 Å². The average Bonchev–Trinajstić information content (AvgIpc) is 2.40. The summed E-state index contributed by atoms with van der Waals surface area (Å²) in [5.41, 5.74) is 6.89. The summed E-state index contributed by atoms with van der Waals surface area (Å²) in [6.07, 6.45) is 4.52. The molecule has 4 heteroatoms. The Kier molecular flexibility index (Phi) is 4.28. The minimum Gasteiger partial charge on any atom is -0.506 e. The maximum absolute atomic E-state index is 12.5. The van der Waals surface area contributed by atoms with Gasteiger partial charge in [-0.25, -0.2) is 0 Å². The van der Waals surface area contributed by atoms with Crippen molar-refractivity contribution in [2.75, 3.05) is 5.32 Å². The molecule has 2 rings (SSSR count). The predicted octanol–water partition coefficient (Wildman–Crippen LogP) is 3.29. The van der Waals surface area contributed by atoms with Gasteiger partial charge in [-0.15, -0.1) is 0 Å². The third-order valence-corrected chi connectivity index (χ3v) is 4.31. The van der Waals surface area contributed by atoms with E-state index in [2.05, 4.69) is 26.1 Å². The van der Waals surface area contributed by atoms with E-state index in [0.717, 1.165) is 24.8 Å². The fraction of sp³-hybridized carbons (Fsp3) is 0.588. The molecule has 1 saturated carbocycles. The van der Waals surface area contributed by atoms with Crippen molar-refractivity contribution in [1.82, 2.24) is 0 Å². The van der Waals surface area contributed by atoms with Crippen LogP contribution < -0.4 is 11.1 Å². The van der Waals surface area contributed by atoms with Gasteiger partial charge in [0.15, 0.2) is 0 Å². The summed E-state index contributed by atoms with van der Waals surface area (Å²) in [4.78, 5) is 12.5. The number of nitrogens with two attached hydrogens (primary N) is 1. The lowest BCUT2D eigenvalue weighted by molar-refractivity contribution is -0.122. The van der Waals surface area contributed by atoms with Gasteiger partial charge in [0.2, 0.25) is 5.91 Å². The standard InChI is InChI=1S/C17H26N2O2/c1-16(2,3)12-7-8-14(20)13(11-12)19-15(21)17(18)9-5-4-6-10-17/h7-8,11,20H,4-6,9-10,18H2,1-3H3,(H,19,21). The Labute approximate surface area is 126 Å². The molecule has 0 saturated heterocycles. The summed E-state index contributed by atoms with van der Waals surface area (Å²) in [5, 5.41) is 12.8. The summed E-state index contributed by atoms with van der Waals surface area (Å²) >= 11 is 0. The van der Waals surface area contributed by atoms with Crippen LogP contribution in [0.5, 0.6) is 5.75 Å². The molecule has 1 aromatic rings. The van der Waals surface area contributed by atoms with Crippen LogP contribution in [0.25, 0.3) is 0 Å². The molecule has 1 amide bonds. The van der Waals surface area contributed by atoms with E-state index in [1.807, 2.05) is 12.1 Å². The Morgan fingerprint density at radius 3 is 2.43 bits per heavy atom. The first-order valence-corrected chi connectivity index (χ1v) is 7.66. The van der Waals surface area contributed by atoms with Crippen LogP contribution in [0.15, 0.2) is 18.2 Å². The van der Waals surface area contributed by atoms with Crippen molar-refractivity contribution in [3.63, 3.8) is 0 Å². The highest BCUT2D eigenvalue weighted by molar-refractivity contribution is 5.99. The molecule has 21 heavy (non-hydrogen) atoms. The first-order chi connectivity index (χ1) is 9.72. The Bertz CT molecular complexity index is 526. The van der Waals surface area contributed by atoms with Crippen LogP contribution in [0, 0.1) is 0 Å². The van der Waals surface area contributed by atoms with Crippen molar-refractivity contribution in [3.8, 4) is 5.75 Å². The topological polar surface area (TPSA) is 75.3 Å². The average molecular weight is 290 g/mol. The second-order valence-corrected chi connectivity index (χ2v) is 7.15. The van der Waals surface area contributed by atoms with Crippen molar-refractivity contribution in [2.24, 2.45) is 5.73 Å². The van der Waals surface area contributed by atoms with E-state index in [9.17, 15) is 9.90 Å². The summed E-state index contributed by atoms with van der Waals surface area (Å²) in [5.74, 6) is -0.112. The van der Waals surface area contributed by atoms with Gasteiger partial charge >= 0.3 is 0 Å². The van der Waals surface area contributed by atoms with Crippen LogP contribution in [-0.2, 0) is 10.2 Å². The maximum atomic E-state index is 12.5. The molecule has 1 aliphatic carbocycles. The smallest absolute Gasteiger partial charge is 0.244 e. The van der Waals surface area contributed by atoms with Gasteiger partial charge in [-0.1, -0.05) is 46.1 Å². The summed E-state index contributed by atoms with van der Waals surface area (Å²) in [6.45, 7) is 6.28. The predicted molar refractivity (Wildman–Crippen MR) is 85.4 cm³/mol. The number of carbonyl (C=O) groups excluding carboxylic acids is 1. The summed E-state index contributed by atoms with van der Waals surface area (Å²) in [7, 11) is 0. The normalized spacial score (nSPS) is 18.3. The van der Waals surface area contributed by atoms with E-state index in [4.69, 9.17) is 5.73 Å². The van der Waals surface area contributed by atoms with E-state index in [0.29, 0.717) is 18.5 Å². The number of anilines is 1. The zero-order valence-corrected chi connectivity index (χ0v) is 13.2. The molecule has 0 heterocycles. The monoisotopic (exact) mass is 290 g/mol. The molecule has 0 bridgehead atoms. The van der Waals surface area contributed by atoms with Gasteiger partial charge in [0.25, 0.3) is 0 Å². The molecular weight excluding hydrogens is 264 g/mol. The van der Waals surface area contributed by atoms with Crippen molar-refractivity contribution in [2.45, 2.75) is 63.8 Å². The van der Waals surface area contributed by atoms with Crippen LogP contribution in [0.3, 0.4) is 0 Å². The molecule has 116 valence electrons. The third kappa shape index (κ3) is 3.56. The molecule has 1 fully saturated rings. The second kappa shape index (κ2) is 5.68. The van der Waals surface area contributed by atoms with Crippen molar-refractivity contribution in [3.05, 3.63) is 23.8 Å². The van der Waals surface area contributed by atoms with E-state index in [1.54, 1.807) is 6.07 Å². The van der Waals surface area contributed by atoms with Crippen LogP contribution in [-0.4, -0.2) is 16.6 Å². The Morgan fingerprint density at radius 2 is 1.86 bits per heavy atom. The number of aromatic hydroxyl groups is 1. The van der Waals surface area contributed by atoms with E-state index >= 15 is 0 Å². The molecule has 1 aliphatic rings. The third-order valence-electron chi connectivity index (χ3n) is 4.31. The van der Waals surface area contributed by atoms with Crippen molar-refractivity contribution < 1.29 is 9.90 Å². The Morgan fingerprint density at radius 1 is 1.24 bits per heavy atom. The molecule has 0 aliphatic heterocycles. The van der Waals surface area contributed by atoms with Gasteiger partial charge in [-0.3, -0.25) is 4.79 Å². The van der Waals surface area contributed by atoms with Crippen LogP contribution in [0.2, 0.25) is 0 Å². The van der Waals surface area contributed by atoms with E-state index in [-0.39, 0.29) is 17.1 Å². The van der Waals surface area contributed by atoms with Gasteiger partial charge < -0.3 is 16.2 Å². The second-order valence-electron chi connectivity index (χ2n) is 7.15. The number of phenolic OH excluding ortho intramolecular Hbond substituents is 1. The fourth-order valence-corrected chi connectivity index (χ4v) is 2.76. The zero-order valence-electron chi connectivity index (χ0n) is 13.2. The molecular formula is C17H26N2O2. The fourth-order valence-electron chi connectivity index (χ4n) is 2.76. The molecule has 1 aromatic carbocycles. The van der Waals surface area contributed by atoms with Crippen LogP contribution in [0.4, 0.5) is 5.69 Å². The number of phenols is 1. The number of hydrogen-bond donors (Lipinski definition) is 3. The SMILES string of the molecule is CC(C)(C)c1ccc(O)c(NC(=O)C2(N)CCCCC2)c1. The summed E-state index contributed by atoms with van der Waals surface area (Å²) in [6, 6.07) is 5.34. The number of carbonyl (C=O) groups is 1. The quantitative estimate of drug-likeness (QED) is 0.732. The first kappa shape index (κ1) is 15.8. The summed E-state index contributed by atoms with van der Waals surface area (Å²) < 4.78 is 0. The zero-order chi connectivity index (χ0) is 15.7. The van der Waals surface area contributed by atoms with Gasteiger partial charge in [0.05, 0.1) is 11.2 Å². The minimum atomic E-state index is -0.803. The molecule has 0 spiro atoms. The van der Waals surface area contributed by atoms with Gasteiger partial charge in [-0.2, -0.15) is 0 Å². The molecule has 4 N–H and O–H groups in total. The lowest BCUT2D eigenvalue weighted by Gasteiger charge is -2.32. The lowest BCUT2D eigenvalue weighted by atomic mass is 9.81. The Balaban J connectivity index is 2.20.